The third-order valence-corrected chi connectivity index (χ3v) is 18.8. The summed E-state index contributed by atoms with van der Waals surface area (Å²) in [6.07, 6.45) is 18.5. The Hall–Kier alpha value is -9.31. The molecule has 0 spiro atoms. The molecule has 2 heterocycles. The molecule has 0 aliphatic carbocycles. The predicted molar refractivity (Wildman–Crippen MR) is 426 cm³/mol. The second kappa shape index (κ2) is 58.6. The number of hydrogen-bond acceptors (Lipinski definition) is 18. The van der Waals surface area contributed by atoms with Crippen LogP contribution < -0.4 is 81.4 Å². The number of primary amides is 2. The van der Waals surface area contributed by atoms with Crippen molar-refractivity contribution in [2.24, 2.45) is 27.9 Å². The number of rotatable bonds is 47. The van der Waals surface area contributed by atoms with E-state index in [1.165, 1.54) is 51.4 Å². The summed E-state index contributed by atoms with van der Waals surface area (Å²) in [4.78, 5) is 172. The Morgan fingerprint density at radius 3 is 1.71 bits per heavy atom. The minimum atomic E-state index is -1.49. The van der Waals surface area contributed by atoms with Gasteiger partial charge in [0.05, 0.1) is 39.6 Å². The van der Waals surface area contributed by atoms with Crippen LogP contribution in [0.25, 0.3) is 10.9 Å². The third-order valence-electron chi connectivity index (χ3n) is 18.8. The van der Waals surface area contributed by atoms with Crippen LogP contribution in [0.1, 0.15) is 198 Å². The average Bonchev–Trinajstić information content (AvgIpc) is 1.66. The number of aromatic nitrogens is 1. The summed E-state index contributed by atoms with van der Waals surface area (Å²) < 4.78 is 22.1. The van der Waals surface area contributed by atoms with E-state index in [4.69, 9.17) is 41.9 Å². The number of H-pyrrole nitrogens is 1. The van der Waals surface area contributed by atoms with Crippen molar-refractivity contribution in [3.8, 4) is 0 Å². The molecule has 626 valence electrons. The number of fused-ring (bicyclic) bond motifs is 1. The molecule has 2 aromatic carbocycles. The standard InChI is InChI=1S/C79H129N17O16/c1-3-5-7-8-9-10-11-12-13-14-18-36-68(98)85-43-45-109-47-49-111-54-69(99)86-44-46-110-48-50-112-55-70(100)90-62(31-6-4-2)72(102)94-65-38-37-58(97)29-21-23-39-84-40-24-22-33-61(71(80)101)91-77(107)67(52-57-53-89-60-32-20-19-30-59(57)60)96-74(104)64(34-25-41-87-78(81)82)93-76(106)66(51-56-27-16-15-17-28-56)95-73(103)63(92-75(65)105)35-26-42-88-79(83)108/h15-17,19-20,27-28,30,32,53,61-67,84,89H,3-14,18,21-26,29,31,33-52,54-55H2,1-2H3,(H2,80,101)(H,85,98)(H,86,99)(H,90,100)(H,91,107)(H,92,105)(H,93,106)(H,94,102)(H,95,103)(H,96,104)(H4,81,82,87)(H3,83,88,108)/t61-,62-,63-,64-,65-,66+,67-/m0/s1. The monoisotopic (exact) mass is 1570 g/mol. The second-order valence-electron chi connectivity index (χ2n) is 28.3. The number of hydrogen-bond donors (Lipinski definition) is 16. The first-order valence-electron chi connectivity index (χ1n) is 40.3. The number of ether oxygens (including phenoxy) is 4. The first kappa shape index (κ1) is 95.1. The number of urea groups is 1. The van der Waals surface area contributed by atoms with Crippen LogP contribution in [0.5, 0.6) is 0 Å². The molecular weight excluding hydrogens is 1440 g/mol. The second-order valence-corrected chi connectivity index (χ2v) is 28.3. The first-order valence-corrected chi connectivity index (χ1v) is 40.3. The number of unbranched alkanes of at least 4 members (excludes halogenated alkanes) is 11. The molecular formula is C79H129N17O16. The number of aliphatic imine (C=N–C) groups is 1. The van der Waals surface area contributed by atoms with Crippen molar-refractivity contribution >= 4 is 87.7 Å². The van der Waals surface area contributed by atoms with Crippen molar-refractivity contribution in [3.63, 3.8) is 0 Å². The normalized spacial score (nSPS) is 18.6. The molecule has 20 N–H and O–H groups in total. The van der Waals surface area contributed by atoms with E-state index >= 15 is 4.79 Å². The third kappa shape index (κ3) is 42.9. The summed E-state index contributed by atoms with van der Waals surface area (Å²) in [5.74, 6) is -7.22. The van der Waals surface area contributed by atoms with E-state index in [1.807, 2.05) is 31.2 Å². The van der Waals surface area contributed by atoms with Crippen LogP contribution in [0.4, 0.5) is 4.79 Å². The number of aromatic amines is 1. The summed E-state index contributed by atoms with van der Waals surface area (Å²) in [5.41, 5.74) is 24.6. The van der Waals surface area contributed by atoms with Crippen LogP contribution in [-0.4, -0.2) is 216 Å². The van der Waals surface area contributed by atoms with Gasteiger partial charge in [-0.05, 0) is 107 Å². The maximum atomic E-state index is 15.0. The highest BCUT2D eigenvalue weighted by Crippen LogP contribution is 2.21. The molecule has 0 saturated carbocycles. The summed E-state index contributed by atoms with van der Waals surface area (Å²) in [6, 6.07) is 5.58. The van der Waals surface area contributed by atoms with E-state index < -0.39 is 102 Å². The Labute approximate surface area is 659 Å². The first-order chi connectivity index (χ1) is 54.2. The average molecular weight is 1570 g/mol. The van der Waals surface area contributed by atoms with Gasteiger partial charge in [-0.25, -0.2) is 4.79 Å². The molecule has 1 aromatic heterocycles. The van der Waals surface area contributed by atoms with Crippen LogP contribution in [0.3, 0.4) is 0 Å². The number of amides is 12. The lowest BCUT2D eigenvalue weighted by molar-refractivity contribution is -0.136. The quantitative estimate of drug-likeness (QED) is 0.0220. The minimum Gasteiger partial charge on any atom is -0.377 e. The van der Waals surface area contributed by atoms with Gasteiger partial charge in [-0.1, -0.05) is 139 Å². The van der Waals surface area contributed by atoms with Gasteiger partial charge in [0.15, 0.2) is 5.96 Å². The van der Waals surface area contributed by atoms with Gasteiger partial charge in [0.25, 0.3) is 0 Å². The molecule has 0 radical (unpaired) electrons. The molecule has 0 bridgehead atoms. The van der Waals surface area contributed by atoms with Crippen LogP contribution in [0, 0.1) is 0 Å². The summed E-state index contributed by atoms with van der Waals surface area (Å²) in [5, 5.41) is 31.4. The van der Waals surface area contributed by atoms with Crippen molar-refractivity contribution in [2.45, 2.75) is 242 Å². The zero-order chi connectivity index (χ0) is 81.4. The minimum absolute atomic E-state index is 0.0130. The largest absolute Gasteiger partial charge is 0.377 e. The molecule has 112 heavy (non-hydrogen) atoms. The fourth-order valence-electron chi connectivity index (χ4n) is 12.6. The van der Waals surface area contributed by atoms with Gasteiger partial charge in [-0.2, -0.15) is 0 Å². The number of nitrogens with zero attached hydrogens (tertiary/aromatic N) is 1. The number of carbonyl (C=O) groups excluding carboxylic acids is 12. The van der Waals surface area contributed by atoms with E-state index in [-0.39, 0.29) is 153 Å². The summed E-state index contributed by atoms with van der Waals surface area (Å²) >= 11 is 0. The van der Waals surface area contributed by atoms with E-state index in [0.29, 0.717) is 82.3 Å². The molecule has 0 unspecified atom stereocenters. The Morgan fingerprint density at radius 2 is 1.07 bits per heavy atom. The number of nitrogens with two attached hydrogens (primary N) is 4. The maximum Gasteiger partial charge on any atom is 0.312 e. The highest BCUT2D eigenvalue weighted by molar-refractivity contribution is 5.98. The van der Waals surface area contributed by atoms with Crippen LogP contribution >= 0.6 is 0 Å². The number of Topliss-reactive ketones (excluding diaryl/α,β-unsaturated/α-hetero) is 1. The number of ketones is 1. The van der Waals surface area contributed by atoms with Crippen LogP contribution in [-0.2, 0) is 84.5 Å². The van der Waals surface area contributed by atoms with Gasteiger partial charge < -0.3 is 105 Å². The maximum absolute atomic E-state index is 15.0. The zero-order valence-electron chi connectivity index (χ0n) is 66.0. The van der Waals surface area contributed by atoms with Gasteiger partial charge in [0.2, 0.25) is 59.1 Å². The topological polar surface area (TPSA) is 506 Å². The Balaban J connectivity index is 1.43. The van der Waals surface area contributed by atoms with Crippen molar-refractivity contribution in [2.75, 3.05) is 92.1 Å². The molecule has 1 fully saturated rings. The Bertz CT molecular complexity index is 3320. The smallest absolute Gasteiger partial charge is 0.312 e. The van der Waals surface area contributed by atoms with E-state index in [1.54, 1.807) is 36.5 Å². The molecule has 4 rings (SSSR count). The lowest BCUT2D eigenvalue weighted by Gasteiger charge is -2.28. The molecule has 7 atom stereocenters. The van der Waals surface area contributed by atoms with Gasteiger partial charge in [-0.15, -0.1) is 0 Å². The van der Waals surface area contributed by atoms with Gasteiger partial charge in [0.1, 0.15) is 61.3 Å². The molecule has 1 aliphatic rings. The SMILES string of the molecule is CCCCCCCCCCCCCC(=O)NCCOCCOCC(=O)NCCOCCOCC(=O)N[C@@H](CCCC)C(=O)N[C@H]1CCC(=O)CCCCNCCCC[C@@H](C(N)=O)NC(=O)[C@H](Cc2c[nH]c3ccccc23)NC(=O)[C@H](CCCN=C(N)N)NC(=O)[C@@H](Cc2ccccc2)NC(=O)[C@H](CCCNC(N)=O)NC1=O. The Morgan fingerprint density at radius 1 is 0.518 bits per heavy atom. The number of nitrogens with one attached hydrogen (secondary N) is 12. The van der Waals surface area contributed by atoms with E-state index in [9.17, 15) is 52.7 Å². The molecule has 33 heteroatoms. The molecule has 33 nitrogen and oxygen atoms in total. The fourth-order valence-corrected chi connectivity index (χ4v) is 12.6. The number of carbonyl (C=O) groups is 12. The van der Waals surface area contributed by atoms with Crippen molar-refractivity contribution in [1.29, 1.82) is 0 Å². The molecule has 3 aromatic rings. The molecule has 12 amide bonds. The van der Waals surface area contributed by atoms with E-state index in [2.05, 4.69) is 75.4 Å². The van der Waals surface area contributed by atoms with E-state index in [0.717, 1.165) is 30.2 Å². The fraction of sp³-hybridized carbons (Fsp3) is 0.658. The lowest BCUT2D eigenvalue weighted by atomic mass is 10.0. The Kier molecular flexibility index (Phi) is 49.7. The number of benzene rings is 2. The molecule has 1 aliphatic heterocycles. The summed E-state index contributed by atoms with van der Waals surface area (Å²) in [6.45, 7) is 5.98. The van der Waals surface area contributed by atoms with Crippen molar-refractivity contribution in [3.05, 3.63) is 71.9 Å². The summed E-state index contributed by atoms with van der Waals surface area (Å²) in [7, 11) is 0. The highest BCUT2D eigenvalue weighted by Gasteiger charge is 2.35. The van der Waals surface area contributed by atoms with Gasteiger partial charge >= 0.3 is 6.03 Å². The van der Waals surface area contributed by atoms with Crippen LogP contribution in [0.15, 0.2) is 65.8 Å². The van der Waals surface area contributed by atoms with Crippen LogP contribution in [0.2, 0.25) is 0 Å². The number of para-hydroxylation sites is 1. The van der Waals surface area contributed by atoms with Gasteiger partial charge in [0, 0.05) is 75.4 Å². The van der Waals surface area contributed by atoms with Gasteiger partial charge in [-0.3, -0.25) is 57.7 Å². The highest BCUT2D eigenvalue weighted by atomic mass is 16.5. The van der Waals surface area contributed by atoms with Crippen molar-refractivity contribution in [1.82, 2.24) is 63.5 Å². The zero-order valence-corrected chi connectivity index (χ0v) is 66.0. The predicted octanol–water partition coefficient (Wildman–Crippen LogP) is 2.82. The molecule has 1 saturated heterocycles. The van der Waals surface area contributed by atoms with Crippen molar-refractivity contribution < 1.29 is 76.5 Å². The number of guanidine groups is 1. The lowest BCUT2D eigenvalue weighted by Crippen LogP contribution is -2.60.